The van der Waals surface area contributed by atoms with Crippen molar-refractivity contribution in [1.29, 1.82) is 0 Å². The first-order valence-electron chi connectivity index (χ1n) is 4.26. The summed E-state index contributed by atoms with van der Waals surface area (Å²) in [5, 5.41) is 10.5. The average molecular weight is 249 g/mol. The first-order valence-corrected chi connectivity index (χ1v) is 4.26. The normalized spacial score (nSPS) is 10.4. The molecule has 0 unspecified atom stereocenters. The van der Waals surface area contributed by atoms with Crippen molar-refractivity contribution in [2.45, 2.75) is 13.5 Å². The number of nitro groups is 1. The molecule has 0 N–H and O–H groups in total. The summed E-state index contributed by atoms with van der Waals surface area (Å²) in [5.41, 5.74) is -1.37. The Balaban J connectivity index is 3.37. The van der Waals surface area contributed by atoms with Gasteiger partial charge in [0.25, 0.3) is 5.69 Å². The molecule has 8 heteroatoms. The molecule has 0 bridgehead atoms. The number of ether oxygens (including phenoxy) is 1. The predicted octanol–water partition coefficient (Wildman–Crippen LogP) is 2.54. The second kappa shape index (κ2) is 4.81. The number of benzene rings is 1. The molecule has 0 aromatic heterocycles. The maximum Gasteiger partial charge on any atom is 0.387 e. The highest BCUT2D eigenvalue weighted by Crippen LogP contribution is 2.28. The molecule has 0 atom stereocenters. The fourth-order valence-corrected chi connectivity index (χ4v) is 1.13. The van der Waals surface area contributed by atoms with Gasteiger partial charge in [-0.15, -0.1) is 0 Å². The number of nitrogens with zero attached hydrogens (tertiary/aromatic N) is 1. The van der Waals surface area contributed by atoms with Gasteiger partial charge < -0.3 is 4.74 Å². The van der Waals surface area contributed by atoms with E-state index >= 15 is 0 Å². The summed E-state index contributed by atoms with van der Waals surface area (Å²) in [6.45, 7) is -2.39. The van der Waals surface area contributed by atoms with Crippen LogP contribution in [-0.2, 0) is 0 Å². The van der Waals surface area contributed by atoms with Gasteiger partial charge in [-0.05, 0) is 6.92 Å². The van der Waals surface area contributed by atoms with E-state index in [0.29, 0.717) is 12.1 Å². The molecule has 1 rings (SSSR count). The van der Waals surface area contributed by atoms with E-state index in [1.165, 1.54) is 0 Å². The molecule has 5 nitrogen and oxygen atoms in total. The summed E-state index contributed by atoms with van der Waals surface area (Å²) < 4.78 is 41.0. The van der Waals surface area contributed by atoms with Gasteiger partial charge in [-0.2, -0.15) is 8.78 Å². The molecule has 0 aliphatic carbocycles. The Hall–Kier alpha value is -2.12. The van der Waals surface area contributed by atoms with Gasteiger partial charge in [0, 0.05) is 6.07 Å². The second-order valence-corrected chi connectivity index (χ2v) is 3.00. The molecular formula is C9H6F3NO4. The lowest BCUT2D eigenvalue weighted by molar-refractivity contribution is -0.385. The minimum Gasteiger partial charge on any atom is -0.431 e. The third-order valence-corrected chi connectivity index (χ3v) is 1.83. The number of carbonyl (C=O) groups is 1. The maximum absolute atomic E-state index is 13.4. The van der Waals surface area contributed by atoms with E-state index in [2.05, 4.69) is 4.74 Å². The van der Waals surface area contributed by atoms with Crippen LogP contribution in [-0.4, -0.2) is 17.3 Å². The van der Waals surface area contributed by atoms with Crippen LogP contribution in [0.2, 0.25) is 0 Å². The highest BCUT2D eigenvalue weighted by molar-refractivity contribution is 5.95. The second-order valence-electron chi connectivity index (χ2n) is 3.00. The van der Waals surface area contributed by atoms with E-state index in [9.17, 15) is 28.1 Å². The first kappa shape index (κ1) is 12.9. The van der Waals surface area contributed by atoms with Gasteiger partial charge in [0.15, 0.2) is 17.3 Å². The van der Waals surface area contributed by atoms with Crippen LogP contribution < -0.4 is 4.74 Å². The van der Waals surface area contributed by atoms with E-state index in [0.717, 1.165) is 6.92 Å². The molecule has 0 aliphatic heterocycles. The number of hydrogen-bond donors (Lipinski definition) is 0. The molecule has 0 spiro atoms. The summed E-state index contributed by atoms with van der Waals surface area (Å²) in [4.78, 5) is 20.5. The van der Waals surface area contributed by atoms with Crippen LogP contribution in [0.3, 0.4) is 0 Å². The maximum atomic E-state index is 13.4. The zero-order chi connectivity index (χ0) is 13.2. The largest absolute Gasteiger partial charge is 0.431 e. The van der Waals surface area contributed by atoms with E-state index in [4.69, 9.17) is 0 Å². The first-order chi connectivity index (χ1) is 7.82. The van der Waals surface area contributed by atoms with Gasteiger partial charge in [-0.1, -0.05) is 0 Å². The monoisotopic (exact) mass is 249 g/mol. The van der Waals surface area contributed by atoms with Gasteiger partial charge >= 0.3 is 6.61 Å². The SMILES string of the molecule is CC(=O)c1cc([N+](=O)[O-])cc(OC(F)F)c1F. The fourth-order valence-electron chi connectivity index (χ4n) is 1.13. The van der Waals surface area contributed by atoms with Crippen LogP contribution in [0.4, 0.5) is 18.9 Å². The van der Waals surface area contributed by atoms with Crippen LogP contribution in [0.25, 0.3) is 0 Å². The number of alkyl halides is 2. The lowest BCUT2D eigenvalue weighted by Gasteiger charge is -2.07. The van der Waals surface area contributed by atoms with Crippen molar-refractivity contribution in [2.75, 3.05) is 0 Å². The van der Waals surface area contributed by atoms with Crippen LogP contribution in [0.1, 0.15) is 17.3 Å². The molecule has 0 radical (unpaired) electrons. The van der Waals surface area contributed by atoms with Crippen molar-refractivity contribution in [3.8, 4) is 5.75 Å². The molecule has 17 heavy (non-hydrogen) atoms. The number of Topliss-reactive ketones (excluding diaryl/α,β-unsaturated/α-hetero) is 1. The van der Waals surface area contributed by atoms with E-state index in [-0.39, 0.29) is 0 Å². The number of ketones is 1. The fraction of sp³-hybridized carbons (Fsp3) is 0.222. The molecule has 0 aliphatic rings. The van der Waals surface area contributed by atoms with Crippen molar-refractivity contribution in [2.24, 2.45) is 0 Å². The molecule has 0 saturated heterocycles. The highest BCUT2D eigenvalue weighted by Gasteiger charge is 2.22. The van der Waals surface area contributed by atoms with Crippen LogP contribution in [0, 0.1) is 15.9 Å². The van der Waals surface area contributed by atoms with Gasteiger partial charge in [-0.25, -0.2) is 4.39 Å². The number of carbonyl (C=O) groups excluding carboxylic acids is 1. The van der Waals surface area contributed by atoms with Crippen LogP contribution in [0.5, 0.6) is 5.75 Å². The summed E-state index contributed by atoms with van der Waals surface area (Å²) >= 11 is 0. The van der Waals surface area contributed by atoms with E-state index in [1.807, 2.05) is 0 Å². The van der Waals surface area contributed by atoms with Crippen molar-refractivity contribution in [3.05, 3.63) is 33.6 Å². The Morgan fingerprint density at radius 1 is 1.47 bits per heavy atom. The number of non-ortho nitro benzene ring substituents is 1. The minimum absolute atomic E-state index is 0.494. The third-order valence-electron chi connectivity index (χ3n) is 1.83. The topological polar surface area (TPSA) is 69.4 Å². The van der Waals surface area contributed by atoms with Gasteiger partial charge in [-0.3, -0.25) is 14.9 Å². The summed E-state index contributed by atoms with van der Waals surface area (Å²) in [5.74, 6) is -3.20. The van der Waals surface area contributed by atoms with Gasteiger partial charge in [0.2, 0.25) is 0 Å². The molecule has 92 valence electrons. The molecule has 0 saturated carbocycles. The van der Waals surface area contributed by atoms with Crippen LogP contribution in [0.15, 0.2) is 12.1 Å². The molecule has 0 amide bonds. The molecular weight excluding hydrogens is 243 g/mol. The zero-order valence-electron chi connectivity index (χ0n) is 8.45. The Morgan fingerprint density at radius 3 is 2.47 bits per heavy atom. The lowest BCUT2D eigenvalue weighted by Crippen LogP contribution is -2.08. The third kappa shape index (κ3) is 2.92. The van der Waals surface area contributed by atoms with Crippen molar-refractivity contribution >= 4 is 11.5 Å². The number of nitro benzene ring substituents is 1. The summed E-state index contributed by atoms with van der Waals surface area (Å²) in [6.07, 6.45) is 0. The smallest absolute Gasteiger partial charge is 0.387 e. The molecule has 1 aromatic rings. The quantitative estimate of drug-likeness (QED) is 0.467. The van der Waals surface area contributed by atoms with Crippen molar-refractivity contribution in [3.63, 3.8) is 0 Å². The average Bonchev–Trinajstić information content (AvgIpc) is 2.19. The van der Waals surface area contributed by atoms with E-state index in [1.54, 1.807) is 0 Å². The lowest BCUT2D eigenvalue weighted by atomic mass is 10.1. The summed E-state index contributed by atoms with van der Waals surface area (Å²) in [7, 11) is 0. The number of rotatable bonds is 4. The molecule has 0 heterocycles. The van der Waals surface area contributed by atoms with E-state index < -0.39 is 40.1 Å². The Morgan fingerprint density at radius 2 is 2.06 bits per heavy atom. The summed E-state index contributed by atoms with van der Waals surface area (Å²) in [6, 6.07) is 1.16. The van der Waals surface area contributed by atoms with Crippen molar-refractivity contribution < 1.29 is 27.6 Å². The molecule has 0 fully saturated rings. The Labute approximate surface area is 93.0 Å². The zero-order valence-corrected chi connectivity index (χ0v) is 8.45. The highest BCUT2D eigenvalue weighted by atomic mass is 19.3. The van der Waals surface area contributed by atoms with Gasteiger partial charge in [0.05, 0.1) is 16.6 Å². The predicted molar refractivity (Wildman–Crippen MR) is 49.7 cm³/mol. The minimum atomic E-state index is -3.34. The Bertz CT molecular complexity index is 476. The number of hydrogen-bond acceptors (Lipinski definition) is 4. The van der Waals surface area contributed by atoms with Crippen molar-refractivity contribution in [1.82, 2.24) is 0 Å². The number of halogens is 3. The van der Waals surface area contributed by atoms with Crippen LogP contribution >= 0.6 is 0 Å². The van der Waals surface area contributed by atoms with Gasteiger partial charge in [0.1, 0.15) is 0 Å². The standard InChI is InChI=1S/C9H6F3NO4/c1-4(14)6-2-5(13(15)16)3-7(8(6)10)17-9(11)12/h2-3,9H,1H3. The molecule has 1 aromatic carbocycles. The Kier molecular flexibility index (Phi) is 3.66.